The number of pyridine rings is 1. The van der Waals surface area contributed by atoms with Gasteiger partial charge in [-0.25, -0.2) is 4.98 Å². The molecule has 0 aromatic carbocycles. The number of hydrogen-bond acceptors (Lipinski definition) is 3. The molecule has 1 aliphatic rings. The number of nitrogens with zero attached hydrogens (tertiary/aromatic N) is 2. The third-order valence-corrected chi connectivity index (χ3v) is 3.44. The minimum Gasteiger partial charge on any atom is -0.481 e. The third-order valence-electron chi connectivity index (χ3n) is 3.44. The average Bonchev–Trinajstić information content (AvgIpc) is 2.70. The van der Waals surface area contributed by atoms with Gasteiger partial charge in [0.25, 0.3) is 0 Å². The highest BCUT2D eigenvalue weighted by Gasteiger charge is 2.37. The molecule has 2 unspecified atom stereocenters. The van der Waals surface area contributed by atoms with Gasteiger partial charge in [0.05, 0.1) is 11.5 Å². The first-order valence-electron chi connectivity index (χ1n) is 5.83. The van der Waals surface area contributed by atoms with Crippen LogP contribution in [-0.4, -0.2) is 28.6 Å². The van der Waals surface area contributed by atoms with E-state index in [1.165, 1.54) is 0 Å². The maximum absolute atomic E-state index is 12.6. The van der Waals surface area contributed by atoms with Gasteiger partial charge in [0.15, 0.2) is 0 Å². The molecule has 0 amide bonds. The molecule has 1 aromatic rings. The van der Waals surface area contributed by atoms with Crippen molar-refractivity contribution in [2.75, 3.05) is 11.4 Å². The van der Waals surface area contributed by atoms with E-state index in [1.54, 1.807) is 11.8 Å². The van der Waals surface area contributed by atoms with Crippen molar-refractivity contribution in [3.8, 4) is 0 Å². The van der Waals surface area contributed by atoms with Crippen LogP contribution in [0.25, 0.3) is 0 Å². The van der Waals surface area contributed by atoms with E-state index in [9.17, 15) is 18.0 Å². The molecular formula is C12H13F3N2O2. The summed E-state index contributed by atoms with van der Waals surface area (Å²) < 4.78 is 37.8. The van der Waals surface area contributed by atoms with Gasteiger partial charge >= 0.3 is 12.1 Å². The first-order chi connectivity index (χ1) is 8.80. The van der Waals surface area contributed by atoms with Crippen molar-refractivity contribution in [3.63, 3.8) is 0 Å². The van der Waals surface area contributed by atoms with Crippen molar-refractivity contribution in [2.24, 2.45) is 5.92 Å². The van der Waals surface area contributed by atoms with E-state index in [0.717, 1.165) is 18.3 Å². The zero-order valence-electron chi connectivity index (χ0n) is 10.2. The van der Waals surface area contributed by atoms with Gasteiger partial charge in [-0.3, -0.25) is 4.79 Å². The van der Waals surface area contributed by atoms with Crippen molar-refractivity contribution in [2.45, 2.75) is 25.6 Å². The summed E-state index contributed by atoms with van der Waals surface area (Å²) in [5, 5.41) is 9.01. The predicted molar refractivity (Wildman–Crippen MR) is 61.8 cm³/mol. The molecular weight excluding hydrogens is 261 g/mol. The molecule has 1 aliphatic heterocycles. The van der Waals surface area contributed by atoms with Gasteiger partial charge in [-0.05, 0) is 25.5 Å². The van der Waals surface area contributed by atoms with E-state index < -0.39 is 23.6 Å². The number of anilines is 1. The molecule has 0 saturated carbocycles. The van der Waals surface area contributed by atoms with Crippen LogP contribution in [0.15, 0.2) is 18.3 Å². The first-order valence-corrected chi connectivity index (χ1v) is 5.83. The lowest BCUT2D eigenvalue weighted by Crippen LogP contribution is -2.33. The first kappa shape index (κ1) is 13.6. The number of alkyl halides is 3. The van der Waals surface area contributed by atoms with Crippen molar-refractivity contribution in [3.05, 3.63) is 23.9 Å². The number of hydrogen-bond donors (Lipinski definition) is 1. The number of carboxylic acid groups (broad SMARTS) is 1. The summed E-state index contributed by atoms with van der Waals surface area (Å²) in [6, 6.07) is 1.49. The summed E-state index contributed by atoms with van der Waals surface area (Å²) in [6.07, 6.45) is -2.92. The van der Waals surface area contributed by atoms with Crippen LogP contribution < -0.4 is 4.90 Å². The van der Waals surface area contributed by atoms with Crippen LogP contribution >= 0.6 is 0 Å². The number of rotatable bonds is 2. The standard InChI is InChI=1S/C12H13F3N2O2/c1-7-9(11(18)19)3-5-17(7)10-6-8(2-4-16-10)12(13,14)15/h2,4,6-7,9H,3,5H2,1H3,(H,18,19). The fourth-order valence-electron chi connectivity index (χ4n) is 2.35. The smallest absolute Gasteiger partial charge is 0.416 e. The van der Waals surface area contributed by atoms with Crippen LogP contribution in [0.3, 0.4) is 0 Å². The third kappa shape index (κ3) is 2.64. The SMILES string of the molecule is CC1C(C(=O)O)CCN1c1cc(C(F)(F)F)ccn1. The van der Waals surface area contributed by atoms with E-state index in [4.69, 9.17) is 5.11 Å². The van der Waals surface area contributed by atoms with Crippen molar-refractivity contribution in [1.82, 2.24) is 4.98 Å². The molecule has 19 heavy (non-hydrogen) atoms. The highest BCUT2D eigenvalue weighted by atomic mass is 19.4. The largest absolute Gasteiger partial charge is 0.481 e. The summed E-state index contributed by atoms with van der Waals surface area (Å²) >= 11 is 0. The van der Waals surface area contributed by atoms with Gasteiger partial charge in [0, 0.05) is 18.8 Å². The molecule has 7 heteroatoms. The minimum atomic E-state index is -4.42. The Kier molecular flexibility index (Phi) is 3.38. The van der Waals surface area contributed by atoms with Gasteiger partial charge in [-0.1, -0.05) is 0 Å². The molecule has 0 bridgehead atoms. The van der Waals surface area contributed by atoms with Gasteiger partial charge < -0.3 is 10.0 Å². The summed E-state index contributed by atoms with van der Waals surface area (Å²) in [7, 11) is 0. The average molecular weight is 274 g/mol. The quantitative estimate of drug-likeness (QED) is 0.899. The maximum Gasteiger partial charge on any atom is 0.416 e. The minimum absolute atomic E-state index is 0.172. The summed E-state index contributed by atoms with van der Waals surface area (Å²) in [5.41, 5.74) is -0.775. The van der Waals surface area contributed by atoms with Crippen LogP contribution in [0.1, 0.15) is 18.9 Å². The summed E-state index contributed by atoms with van der Waals surface area (Å²) in [6.45, 7) is 2.08. The molecule has 0 spiro atoms. The topological polar surface area (TPSA) is 53.4 Å². The number of carboxylic acids is 1. The molecule has 1 aromatic heterocycles. The molecule has 1 fully saturated rings. The van der Waals surface area contributed by atoms with E-state index in [0.29, 0.717) is 13.0 Å². The number of aliphatic carboxylic acids is 1. The molecule has 1 saturated heterocycles. The van der Waals surface area contributed by atoms with E-state index >= 15 is 0 Å². The van der Waals surface area contributed by atoms with Gasteiger partial charge in [0.1, 0.15) is 5.82 Å². The van der Waals surface area contributed by atoms with Crippen LogP contribution in [0, 0.1) is 5.92 Å². The Morgan fingerprint density at radius 1 is 1.53 bits per heavy atom. The van der Waals surface area contributed by atoms with Crippen LogP contribution in [0.5, 0.6) is 0 Å². The molecule has 104 valence electrons. The molecule has 0 radical (unpaired) electrons. The lowest BCUT2D eigenvalue weighted by atomic mass is 10.0. The zero-order valence-corrected chi connectivity index (χ0v) is 10.2. The number of carbonyl (C=O) groups is 1. The fourth-order valence-corrected chi connectivity index (χ4v) is 2.35. The molecule has 2 heterocycles. The lowest BCUT2D eigenvalue weighted by molar-refractivity contribution is -0.141. The summed E-state index contributed by atoms with van der Waals surface area (Å²) in [4.78, 5) is 16.5. The Morgan fingerprint density at radius 3 is 2.74 bits per heavy atom. The second kappa shape index (κ2) is 4.71. The second-order valence-electron chi connectivity index (χ2n) is 4.57. The number of aromatic nitrogens is 1. The van der Waals surface area contributed by atoms with Crippen LogP contribution in [-0.2, 0) is 11.0 Å². The highest BCUT2D eigenvalue weighted by molar-refractivity contribution is 5.72. The number of halogens is 3. The highest BCUT2D eigenvalue weighted by Crippen LogP contribution is 2.33. The van der Waals surface area contributed by atoms with Gasteiger partial charge in [0.2, 0.25) is 0 Å². The fraction of sp³-hybridized carbons (Fsp3) is 0.500. The van der Waals surface area contributed by atoms with Gasteiger partial charge in [-0.2, -0.15) is 13.2 Å². The van der Waals surface area contributed by atoms with E-state index in [-0.39, 0.29) is 11.9 Å². The Hall–Kier alpha value is -1.79. The Morgan fingerprint density at radius 2 is 2.21 bits per heavy atom. The molecule has 4 nitrogen and oxygen atoms in total. The lowest BCUT2D eigenvalue weighted by Gasteiger charge is -2.24. The molecule has 1 N–H and O–H groups in total. The second-order valence-corrected chi connectivity index (χ2v) is 4.57. The summed E-state index contributed by atoms with van der Waals surface area (Å²) in [5.74, 6) is -1.33. The van der Waals surface area contributed by atoms with E-state index in [1.807, 2.05) is 0 Å². The van der Waals surface area contributed by atoms with Crippen molar-refractivity contribution in [1.29, 1.82) is 0 Å². The maximum atomic E-state index is 12.6. The zero-order chi connectivity index (χ0) is 14.2. The molecule has 2 atom stereocenters. The molecule has 0 aliphatic carbocycles. The Bertz CT molecular complexity index is 490. The monoisotopic (exact) mass is 274 g/mol. The van der Waals surface area contributed by atoms with Crippen molar-refractivity contribution < 1.29 is 23.1 Å². The van der Waals surface area contributed by atoms with Crippen LogP contribution in [0.2, 0.25) is 0 Å². The Labute approximate surface area is 107 Å². The molecule has 2 rings (SSSR count). The Balaban J connectivity index is 2.26. The van der Waals surface area contributed by atoms with Crippen LogP contribution in [0.4, 0.5) is 19.0 Å². The van der Waals surface area contributed by atoms with E-state index in [2.05, 4.69) is 4.98 Å². The predicted octanol–water partition coefficient (Wildman–Crippen LogP) is 2.40. The van der Waals surface area contributed by atoms with Gasteiger partial charge in [-0.15, -0.1) is 0 Å². The van der Waals surface area contributed by atoms with Crippen molar-refractivity contribution >= 4 is 11.8 Å². The normalized spacial score (nSPS) is 23.7.